The summed E-state index contributed by atoms with van der Waals surface area (Å²) in [7, 11) is 0. The van der Waals surface area contributed by atoms with Gasteiger partial charge in [-0.25, -0.2) is 0 Å². The average Bonchev–Trinajstić information content (AvgIpc) is 2.32. The van der Waals surface area contributed by atoms with E-state index < -0.39 is 0 Å². The molecule has 1 N–H and O–H groups in total. The summed E-state index contributed by atoms with van der Waals surface area (Å²) in [4.78, 5) is 0. The molecule has 0 heterocycles. The fraction of sp³-hybridized carbons (Fsp3) is 0.500. The van der Waals surface area contributed by atoms with Gasteiger partial charge in [0, 0.05) is 5.92 Å². The molecule has 88 valence electrons. The van der Waals surface area contributed by atoms with Gasteiger partial charge in [-0.15, -0.1) is 0 Å². The second-order valence-corrected chi connectivity index (χ2v) is 4.25. The van der Waals surface area contributed by atoms with Crippen LogP contribution in [0.2, 0.25) is 0 Å². The lowest BCUT2D eigenvalue weighted by atomic mass is 9.93. The molecule has 0 aromatic heterocycles. The molecule has 0 bridgehead atoms. The fourth-order valence-electron chi connectivity index (χ4n) is 1.89. The Morgan fingerprint density at radius 1 is 1.25 bits per heavy atom. The third-order valence-electron chi connectivity index (χ3n) is 2.88. The molecule has 1 atom stereocenters. The molecule has 1 aromatic rings. The van der Waals surface area contributed by atoms with Crippen LogP contribution >= 0.6 is 0 Å². The maximum atomic E-state index is 9.09. The molecule has 0 saturated heterocycles. The van der Waals surface area contributed by atoms with E-state index in [1.807, 2.05) is 30.3 Å². The van der Waals surface area contributed by atoms with Crippen molar-refractivity contribution in [1.29, 1.82) is 0 Å². The highest BCUT2D eigenvalue weighted by molar-refractivity contribution is 6.01. The van der Waals surface area contributed by atoms with Gasteiger partial charge in [0.15, 0.2) is 0 Å². The molecule has 0 aliphatic heterocycles. The van der Waals surface area contributed by atoms with Crippen molar-refractivity contribution in [3.63, 3.8) is 0 Å². The van der Waals surface area contributed by atoms with Gasteiger partial charge < -0.3 is 5.21 Å². The number of hydrogen-bond acceptors (Lipinski definition) is 2. The van der Waals surface area contributed by atoms with Gasteiger partial charge in [0.2, 0.25) is 0 Å². The molecular formula is C14H21NO. The summed E-state index contributed by atoms with van der Waals surface area (Å²) in [5.41, 5.74) is 1.82. The quantitative estimate of drug-likeness (QED) is 0.332. The monoisotopic (exact) mass is 219 g/mol. The minimum absolute atomic E-state index is 0.318. The maximum absolute atomic E-state index is 9.09. The molecule has 1 rings (SSSR count). The van der Waals surface area contributed by atoms with Crippen LogP contribution in [0.5, 0.6) is 0 Å². The van der Waals surface area contributed by atoms with Gasteiger partial charge in [-0.05, 0) is 12.0 Å². The first-order valence-electron chi connectivity index (χ1n) is 6.07. The normalized spacial score (nSPS) is 13.8. The van der Waals surface area contributed by atoms with Crippen LogP contribution in [0.25, 0.3) is 0 Å². The van der Waals surface area contributed by atoms with Crippen LogP contribution in [0.15, 0.2) is 35.5 Å². The molecule has 0 amide bonds. The van der Waals surface area contributed by atoms with Gasteiger partial charge >= 0.3 is 0 Å². The Kier molecular flexibility index (Phi) is 5.62. The van der Waals surface area contributed by atoms with Crippen molar-refractivity contribution in [1.82, 2.24) is 0 Å². The first-order valence-corrected chi connectivity index (χ1v) is 6.07. The number of oxime groups is 1. The van der Waals surface area contributed by atoms with E-state index in [0.717, 1.165) is 17.7 Å². The van der Waals surface area contributed by atoms with Crippen molar-refractivity contribution in [2.24, 2.45) is 11.1 Å². The molecular weight excluding hydrogens is 198 g/mol. The van der Waals surface area contributed by atoms with Crippen LogP contribution in [0.4, 0.5) is 0 Å². The molecule has 2 nitrogen and oxygen atoms in total. The summed E-state index contributed by atoms with van der Waals surface area (Å²) in [5.74, 6) is 0.318. The minimum atomic E-state index is 0.318. The number of rotatable bonds is 6. The highest BCUT2D eigenvalue weighted by Crippen LogP contribution is 2.16. The fourth-order valence-corrected chi connectivity index (χ4v) is 1.89. The van der Waals surface area contributed by atoms with Gasteiger partial charge in [0.25, 0.3) is 0 Å². The van der Waals surface area contributed by atoms with Crippen LogP contribution in [0.3, 0.4) is 0 Å². The summed E-state index contributed by atoms with van der Waals surface area (Å²) in [6, 6.07) is 9.90. The smallest absolute Gasteiger partial charge is 0.0895 e. The first-order chi connectivity index (χ1) is 7.79. The Morgan fingerprint density at radius 3 is 2.50 bits per heavy atom. The van der Waals surface area contributed by atoms with E-state index in [2.05, 4.69) is 19.0 Å². The van der Waals surface area contributed by atoms with Gasteiger partial charge in [-0.1, -0.05) is 68.6 Å². The molecule has 0 radical (unpaired) electrons. The Hall–Kier alpha value is -1.31. The lowest BCUT2D eigenvalue weighted by molar-refractivity contribution is 0.315. The highest BCUT2D eigenvalue weighted by Gasteiger charge is 2.12. The van der Waals surface area contributed by atoms with Crippen molar-refractivity contribution in [3.05, 3.63) is 35.9 Å². The van der Waals surface area contributed by atoms with Crippen molar-refractivity contribution in [3.8, 4) is 0 Å². The Balaban J connectivity index is 2.62. The third-order valence-corrected chi connectivity index (χ3v) is 2.88. The van der Waals surface area contributed by atoms with Gasteiger partial charge in [-0.3, -0.25) is 0 Å². The largest absolute Gasteiger partial charge is 0.411 e. The Bertz CT molecular complexity index is 319. The van der Waals surface area contributed by atoms with E-state index in [9.17, 15) is 0 Å². The molecule has 0 aliphatic carbocycles. The van der Waals surface area contributed by atoms with Gasteiger partial charge in [0.05, 0.1) is 5.71 Å². The predicted molar refractivity (Wildman–Crippen MR) is 68.1 cm³/mol. The predicted octanol–water partition coefficient (Wildman–Crippen LogP) is 4.08. The molecule has 1 unspecified atom stereocenters. The molecule has 1 aromatic carbocycles. The first kappa shape index (κ1) is 12.8. The average molecular weight is 219 g/mol. The van der Waals surface area contributed by atoms with E-state index in [0.29, 0.717) is 5.92 Å². The van der Waals surface area contributed by atoms with Crippen molar-refractivity contribution in [2.45, 2.75) is 39.5 Å². The Labute approximate surface area is 98.0 Å². The zero-order valence-electron chi connectivity index (χ0n) is 10.2. The summed E-state index contributed by atoms with van der Waals surface area (Å²) in [5, 5.41) is 12.5. The molecule has 0 saturated carbocycles. The number of benzene rings is 1. The van der Waals surface area contributed by atoms with Crippen LogP contribution in [0.1, 0.15) is 45.1 Å². The van der Waals surface area contributed by atoms with E-state index >= 15 is 0 Å². The van der Waals surface area contributed by atoms with Crippen molar-refractivity contribution in [2.75, 3.05) is 0 Å². The van der Waals surface area contributed by atoms with Crippen LogP contribution in [-0.4, -0.2) is 10.9 Å². The molecule has 0 aliphatic rings. The molecule has 2 heteroatoms. The van der Waals surface area contributed by atoms with Crippen LogP contribution in [-0.2, 0) is 0 Å². The van der Waals surface area contributed by atoms with E-state index in [1.54, 1.807) is 0 Å². The zero-order valence-corrected chi connectivity index (χ0v) is 10.2. The topological polar surface area (TPSA) is 32.6 Å². The Morgan fingerprint density at radius 2 is 1.94 bits per heavy atom. The summed E-state index contributed by atoms with van der Waals surface area (Å²) in [6.07, 6.45) is 4.76. The lowest BCUT2D eigenvalue weighted by Gasteiger charge is -2.13. The summed E-state index contributed by atoms with van der Waals surface area (Å²) < 4.78 is 0. The zero-order chi connectivity index (χ0) is 11.8. The summed E-state index contributed by atoms with van der Waals surface area (Å²) >= 11 is 0. The van der Waals surface area contributed by atoms with Crippen molar-refractivity contribution >= 4 is 5.71 Å². The number of nitrogens with zero attached hydrogens (tertiary/aromatic N) is 1. The van der Waals surface area contributed by atoms with Gasteiger partial charge in [0.1, 0.15) is 0 Å². The van der Waals surface area contributed by atoms with Crippen LogP contribution in [0, 0.1) is 5.92 Å². The molecule has 0 spiro atoms. The summed E-state index contributed by atoms with van der Waals surface area (Å²) in [6.45, 7) is 4.32. The maximum Gasteiger partial charge on any atom is 0.0895 e. The molecule has 16 heavy (non-hydrogen) atoms. The standard InChI is InChI=1S/C14H21NO/c1-3-4-6-9-12(2)14(15-16)13-10-7-5-8-11-13/h5,7-8,10-12,16H,3-4,6,9H2,1-2H3. The van der Waals surface area contributed by atoms with Crippen molar-refractivity contribution < 1.29 is 5.21 Å². The SMILES string of the molecule is CCCCCC(C)C(=NO)c1ccccc1. The van der Waals surface area contributed by atoms with Crippen LogP contribution < -0.4 is 0 Å². The molecule has 0 fully saturated rings. The van der Waals surface area contributed by atoms with E-state index in [1.165, 1.54) is 19.3 Å². The third kappa shape index (κ3) is 3.69. The minimum Gasteiger partial charge on any atom is -0.411 e. The number of hydrogen-bond donors (Lipinski definition) is 1. The number of unbranched alkanes of at least 4 members (excludes halogenated alkanes) is 2. The second kappa shape index (κ2) is 7.04. The lowest BCUT2D eigenvalue weighted by Crippen LogP contribution is -2.12. The van der Waals surface area contributed by atoms with E-state index in [4.69, 9.17) is 5.21 Å². The second-order valence-electron chi connectivity index (χ2n) is 4.25. The van der Waals surface area contributed by atoms with Gasteiger partial charge in [-0.2, -0.15) is 0 Å². The highest BCUT2D eigenvalue weighted by atomic mass is 16.4. The van der Waals surface area contributed by atoms with E-state index in [-0.39, 0.29) is 0 Å².